The van der Waals surface area contributed by atoms with Crippen LogP contribution in [-0.2, 0) is 24.1 Å². The number of amides is 2. The number of unbranched alkanes of at least 4 members (excludes halogenated alkanes) is 1. The number of carboxylic acids is 1. The van der Waals surface area contributed by atoms with Gasteiger partial charge in [0.1, 0.15) is 11.9 Å². The summed E-state index contributed by atoms with van der Waals surface area (Å²) in [6.45, 7) is 8.21. The number of aryl methyl sites for hydroxylation is 2. The number of hydrogen-bond acceptors (Lipinski definition) is 5. The Hall–Kier alpha value is -3.13. The second-order valence-electron chi connectivity index (χ2n) is 9.68. The van der Waals surface area contributed by atoms with Crippen molar-refractivity contribution in [1.82, 2.24) is 20.1 Å². The van der Waals surface area contributed by atoms with Gasteiger partial charge in [-0.25, -0.2) is 14.6 Å². The summed E-state index contributed by atoms with van der Waals surface area (Å²) in [6.07, 6.45) is 6.49. The number of urea groups is 1. The molecule has 1 atom stereocenters. The van der Waals surface area contributed by atoms with Gasteiger partial charge in [0.05, 0.1) is 0 Å². The van der Waals surface area contributed by atoms with Crippen LogP contribution in [0.3, 0.4) is 0 Å². The van der Waals surface area contributed by atoms with E-state index in [4.69, 9.17) is 4.98 Å². The first kappa shape index (κ1) is 28.4. The molecule has 0 saturated carbocycles. The fraction of sp³-hybridized carbons (Fsp3) is 0.552. The third kappa shape index (κ3) is 9.35. The van der Waals surface area contributed by atoms with Gasteiger partial charge in [-0.05, 0) is 82.5 Å². The maximum absolute atomic E-state index is 12.4. The van der Waals surface area contributed by atoms with Crippen LogP contribution < -0.4 is 10.6 Å². The van der Waals surface area contributed by atoms with Crippen molar-refractivity contribution in [3.63, 3.8) is 0 Å². The molecule has 8 heteroatoms. The first-order chi connectivity index (χ1) is 18.0. The minimum Gasteiger partial charge on any atom is -0.480 e. The molecule has 0 aliphatic carbocycles. The van der Waals surface area contributed by atoms with E-state index in [1.54, 1.807) is 4.90 Å². The summed E-state index contributed by atoms with van der Waals surface area (Å²) >= 11 is 0. The Bertz CT molecular complexity index is 981. The summed E-state index contributed by atoms with van der Waals surface area (Å²) in [5.74, 6) is 0.0512. The second kappa shape index (κ2) is 15.2. The molecule has 37 heavy (non-hydrogen) atoms. The molecule has 2 aromatic rings. The van der Waals surface area contributed by atoms with Crippen LogP contribution in [0.25, 0.3) is 0 Å². The molecule has 0 saturated heterocycles. The van der Waals surface area contributed by atoms with Crippen molar-refractivity contribution in [2.24, 2.45) is 0 Å². The number of fused-ring (bicyclic) bond motifs is 1. The summed E-state index contributed by atoms with van der Waals surface area (Å²) in [5.41, 5.74) is 3.69. The van der Waals surface area contributed by atoms with Gasteiger partial charge in [0.2, 0.25) is 0 Å². The lowest BCUT2D eigenvalue weighted by molar-refractivity contribution is -0.139. The molecule has 1 aliphatic heterocycles. The van der Waals surface area contributed by atoms with Crippen molar-refractivity contribution in [3.05, 3.63) is 59.3 Å². The van der Waals surface area contributed by atoms with Gasteiger partial charge in [-0.2, -0.15) is 0 Å². The van der Waals surface area contributed by atoms with E-state index in [1.807, 2.05) is 32.0 Å². The van der Waals surface area contributed by atoms with E-state index >= 15 is 0 Å². The van der Waals surface area contributed by atoms with Crippen molar-refractivity contribution in [2.75, 3.05) is 44.6 Å². The fourth-order valence-electron chi connectivity index (χ4n) is 4.74. The molecule has 1 aliphatic rings. The molecule has 202 valence electrons. The number of benzene rings is 1. The lowest BCUT2D eigenvalue weighted by Gasteiger charge is -2.26. The third-order valence-electron chi connectivity index (χ3n) is 7.05. The van der Waals surface area contributed by atoms with Crippen LogP contribution in [-0.4, -0.2) is 77.2 Å². The lowest BCUT2D eigenvalue weighted by atomic mass is 10.1. The van der Waals surface area contributed by atoms with Crippen molar-refractivity contribution in [3.8, 4) is 0 Å². The van der Waals surface area contributed by atoms with E-state index in [2.05, 4.69) is 39.8 Å². The predicted molar refractivity (Wildman–Crippen MR) is 148 cm³/mol. The van der Waals surface area contributed by atoms with Crippen LogP contribution in [0, 0.1) is 0 Å². The van der Waals surface area contributed by atoms with Gasteiger partial charge >= 0.3 is 12.0 Å². The summed E-state index contributed by atoms with van der Waals surface area (Å²) in [7, 11) is 0. The first-order valence-corrected chi connectivity index (χ1v) is 13.8. The number of carboxylic acid groups (broad SMARTS) is 1. The normalized spacial score (nSPS) is 13.5. The highest BCUT2D eigenvalue weighted by Gasteiger charge is 2.23. The van der Waals surface area contributed by atoms with E-state index in [-0.39, 0.29) is 6.03 Å². The highest BCUT2D eigenvalue weighted by Crippen LogP contribution is 2.20. The number of nitrogens with zero attached hydrogens (tertiary/aromatic N) is 3. The molecule has 0 radical (unpaired) electrons. The van der Waals surface area contributed by atoms with Crippen LogP contribution in [0.4, 0.5) is 10.6 Å². The minimum absolute atomic E-state index is 0.319. The smallest absolute Gasteiger partial charge is 0.326 e. The highest BCUT2D eigenvalue weighted by molar-refractivity contribution is 5.82. The van der Waals surface area contributed by atoms with Crippen molar-refractivity contribution in [1.29, 1.82) is 0 Å². The molecule has 1 aromatic heterocycles. The zero-order chi connectivity index (χ0) is 26.5. The summed E-state index contributed by atoms with van der Waals surface area (Å²) in [4.78, 5) is 33.1. The van der Waals surface area contributed by atoms with Gasteiger partial charge in [0.25, 0.3) is 0 Å². The monoisotopic (exact) mass is 509 g/mol. The number of carbonyl (C=O) groups excluding carboxylic acids is 1. The standard InChI is InChI=1S/C29H43N5O3/c1-3-34(4-2)29(37)32-26(28(35)36)18-22-33(21-17-23-11-6-5-7-12-23)20-9-8-14-25-16-15-24-13-10-19-30-27(24)31-25/h5-7,11-12,15-16,26H,3-4,8-10,13-14,17-22H2,1-2H3,(H,30,31)(H,32,37)(H,35,36). The maximum atomic E-state index is 12.4. The predicted octanol–water partition coefficient (Wildman–Crippen LogP) is 4.20. The molecule has 3 N–H and O–H groups in total. The molecule has 3 rings (SSSR count). The first-order valence-electron chi connectivity index (χ1n) is 13.8. The van der Waals surface area contributed by atoms with E-state index in [0.717, 1.165) is 69.7 Å². The van der Waals surface area contributed by atoms with Gasteiger partial charge in [-0.1, -0.05) is 36.4 Å². The highest BCUT2D eigenvalue weighted by atomic mass is 16.4. The molecular weight excluding hydrogens is 466 g/mol. The van der Waals surface area contributed by atoms with Gasteiger partial charge in [0, 0.05) is 38.4 Å². The van der Waals surface area contributed by atoms with Crippen LogP contribution in [0.5, 0.6) is 0 Å². The van der Waals surface area contributed by atoms with E-state index < -0.39 is 12.0 Å². The Labute approximate surface area is 221 Å². The average molecular weight is 510 g/mol. The maximum Gasteiger partial charge on any atom is 0.326 e. The van der Waals surface area contributed by atoms with Gasteiger partial charge < -0.3 is 25.5 Å². The number of hydrogen-bond donors (Lipinski definition) is 3. The second-order valence-corrected chi connectivity index (χ2v) is 9.68. The Morgan fingerprint density at radius 2 is 1.81 bits per heavy atom. The number of aromatic nitrogens is 1. The number of nitrogens with one attached hydrogen (secondary N) is 2. The largest absolute Gasteiger partial charge is 0.480 e. The van der Waals surface area contributed by atoms with Gasteiger partial charge in [-0.15, -0.1) is 0 Å². The van der Waals surface area contributed by atoms with Crippen LogP contribution in [0.2, 0.25) is 0 Å². The van der Waals surface area contributed by atoms with Gasteiger partial charge in [-0.3, -0.25) is 0 Å². The Kier molecular flexibility index (Phi) is 11.7. The molecule has 1 unspecified atom stereocenters. The number of pyridine rings is 1. The van der Waals surface area contributed by atoms with Crippen molar-refractivity contribution in [2.45, 2.75) is 64.8 Å². The SMILES string of the molecule is CCN(CC)C(=O)NC(CCN(CCCCc1ccc2c(n1)NCCC2)CCc1ccccc1)C(=O)O. The zero-order valence-corrected chi connectivity index (χ0v) is 22.4. The fourth-order valence-corrected chi connectivity index (χ4v) is 4.74. The molecule has 2 heterocycles. The molecule has 8 nitrogen and oxygen atoms in total. The van der Waals surface area contributed by atoms with E-state index in [0.29, 0.717) is 26.1 Å². The number of rotatable bonds is 15. The Balaban J connectivity index is 1.53. The van der Waals surface area contributed by atoms with Crippen molar-refractivity contribution >= 4 is 17.8 Å². The zero-order valence-electron chi connectivity index (χ0n) is 22.4. The number of carbonyl (C=O) groups is 2. The van der Waals surface area contributed by atoms with Crippen LogP contribution >= 0.6 is 0 Å². The Morgan fingerprint density at radius 1 is 1.03 bits per heavy atom. The summed E-state index contributed by atoms with van der Waals surface area (Å²) < 4.78 is 0. The molecule has 0 fully saturated rings. The molecule has 1 aromatic carbocycles. The molecule has 0 bridgehead atoms. The van der Waals surface area contributed by atoms with E-state index in [1.165, 1.54) is 11.1 Å². The van der Waals surface area contributed by atoms with Crippen LogP contribution in [0.15, 0.2) is 42.5 Å². The van der Waals surface area contributed by atoms with E-state index in [9.17, 15) is 14.7 Å². The molecular formula is C29H43N5O3. The number of anilines is 1. The third-order valence-corrected chi connectivity index (χ3v) is 7.05. The minimum atomic E-state index is -0.990. The topological polar surface area (TPSA) is 97.8 Å². The summed E-state index contributed by atoms with van der Waals surface area (Å²) in [6, 6.07) is 13.5. The average Bonchev–Trinajstić information content (AvgIpc) is 2.92. The molecule has 0 spiro atoms. The lowest BCUT2D eigenvalue weighted by Crippen LogP contribution is -2.49. The quantitative estimate of drug-likeness (QED) is 0.311. The Morgan fingerprint density at radius 3 is 2.54 bits per heavy atom. The summed E-state index contributed by atoms with van der Waals surface area (Å²) in [5, 5.41) is 15.8. The van der Waals surface area contributed by atoms with Gasteiger partial charge in [0.15, 0.2) is 0 Å². The van der Waals surface area contributed by atoms with Crippen LogP contribution in [0.1, 0.15) is 56.4 Å². The molecule has 2 amide bonds. The van der Waals surface area contributed by atoms with Crippen molar-refractivity contribution < 1.29 is 14.7 Å². The number of aliphatic carboxylic acids is 1.